The van der Waals surface area contributed by atoms with Crippen LogP contribution in [0.3, 0.4) is 0 Å². The van der Waals surface area contributed by atoms with Crippen molar-refractivity contribution in [3.8, 4) is 0 Å². The summed E-state index contributed by atoms with van der Waals surface area (Å²) in [5.74, 6) is -0.468. The van der Waals surface area contributed by atoms with Crippen LogP contribution in [-0.4, -0.2) is 4.92 Å². The maximum atomic E-state index is 13.8. The number of halogens is 1. The first kappa shape index (κ1) is 15.3. The average Bonchev–Trinajstić information content (AvgIpc) is 2.57. The van der Waals surface area contributed by atoms with Crippen LogP contribution >= 0.6 is 7.92 Å². The van der Waals surface area contributed by atoms with Crippen LogP contribution < -0.4 is 15.9 Å². The van der Waals surface area contributed by atoms with E-state index in [1.54, 1.807) is 0 Å². The second-order valence-corrected chi connectivity index (χ2v) is 7.08. The second kappa shape index (κ2) is 6.67. The Hall–Kier alpha value is -2.58. The lowest BCUT2D eigenvalue weighted by Gasteiger charge is -2.19. The number of nitrogens with zero attached hydrogens (tertiary/aromatic N) is 1. The molecule has 3 aromatic carbocycles. The Labute approximate surface area is 134 Å². The highest BCUT2D eigenvalue weighted by Gasteiger charge is 2.25. The van der Waals surface area contributed by atoms with Crippen molar-refractivity contribution in [2.45, 2.75) is 0 Å². The number of benzene rings is 3. The monoisotopic (exact) mass is 325 g/mol. The van der Waals surface area contributed by atoms with Crippen LogP contribution in [-0.2, 0) is 0 Å². The van der Waals surface area contributed by atoms with Crippen molar-refractivity contribution < 1.29 is 9.31 Å². The summed E-state index contributed by atoms with van der Waals surface area (Å²) in [6.45, 7) is 0. The van der Waals surface area contributed by atoms with Crippen molar-refractivity contribution >= 4 is 29.5 Å². The summed E-state index contributed by atoms with van der Waals surface area (Å²) in [4.78, 5) is 10.9. The van der Waals surface area contributed by atoms with E-state index in [4.69, 9.17) is 0 Å². The highest BCUT2D eigenvalue weighted by atomic mass is 31.1. The van der Waals surface area contributed by atoms with E-state index < -0.39 is 18.7 Å². The van der Waals surface area contributed by atoms with Gasteiger partial charge in [-0.1, -0.05) is 60.7 Å². The summed E-state index contributed by atoms with van der Waals surface area (Å²) in [7, 11) is -1.20. The lowest BCUT2D eigenvalue weighted by Crippen LogP contribution is -2.23. The number of rotatable bonds is 4. The van der Waals surface area contributed by atoms with Gasteiger partial charge in [0.05, 0.1) is 10.2 Å². The first-order valence-corrected chi connectivity index (χ1v) is 8.35. The third kappa shape index (κ3) is 3.27. The molecule has 0 aliphatic rings. The van der Waals surface area contributed by atoms with Gasteiger partial charge in [-0.3, -0.25) is 10.1 Å². The lowest BCUT2D eigenvalue weighted by atomic mass is 10.3. The van der Waals surface area contributed by atoms with Crippen LogP contribution in [0.1, 0.15) is 0 Å². The van der Waals surface area contributed by atoms with Gasteiger partial charge in [0.15, 0.2) is 0 Å². The standard InChI is InChI=1S/C18H13FNO2P/c19-14-11-12-17(20(21)22)18(13-14)23(15-7-3-1-4-8-15)16-9-5-2-6-10-16/h1-13H. The van der Waals surface area contributed by atoms with E-state index in [1.165, 1.54) is 12.1 Å². The predicted octanol–water partition coefficient (Wildman–Crippen LogP) is 3.49. The van der Waals surface area contributed by atoms with Crippen molar-refractivity contribution in [2.24, 2.45) is 0 Å². The summed E-state index contributed by atoms with van der Waals surface area (Å²) in [6.07, 6.45) is 0. The molecule has 0 bridgehead atoms. The smallest absolute Gasteiger partial charge is 0.258 e. The molecule has 0 heterocycles. The molecule has 0 atom stereocenters. The largest absolute Gasteiger partial charge is 0.277 e. The minimum absolute atomic E-state index is 0.0507. The Morgan fingerprint density at radius 3 is 1.83 bits per heavy atom. The molecule has 3 aromatic rings. The van der Waals surface area contributed by atoms with E-state index >= 15 is 0 Å². The van der Waals surface area contributed by atoms with E-state index in [-0.39, 0.29) is 5.69 Å². The molecule has 0 fully saturated rings. The van der Waals surface area contributed by atoms with E-state index in [2.05, 4.69) is 0 Å². The molecule has 0 saturated carbocycles. The summed E-state index contributed by atoms with van der Waals surface area (Å²) < 4.78 is 13.8. The first-order chi connectivity index (χ1) is 11.2. The van der Waals surface area contributed by atoms with Crippen molar-refractivity contribution in [3.63, 3.8) is 0 Å². The minimum Gasteiger partial charge on any atom is -0.258 e. The molecular formula is C18H13FNO2P. The van der Waals surface area contributed by atoms with Gasteiger partial charge in [0.2, 0.25) is 0 Å². The van der Waals surface area contributed by atoms with Gasteiger partial charge in [0.1, 0.15) is 5.82 Å². The maximum absolute atomic E-state index is 13.8. The summed E-state index contributed by atoms with van der Waals surface area (Å²) in [5.41, 5.74) is -0.0507. The van der Waals surface area contributed by atoms with Crippen molar-refractivity contribution in [1.29, 1.82) is 0 Å². The first-order valence-electron chi connectivity index (χ1n) is 7.01. The predicted molar refractivity (Wildman–Crippen MR) is 91.8 cm³/mol. The van der Waals surface area contributed by atoms with Crippen LogP contribution in [0.5, 0.6) is 0 Å². The Morgan fingerprint density at radius 2 is 1.35 bits per heavy atom. The fraction of sp³-hybridized carbons (Fsp3) is 0. The fourth-order valence-corrected chi connectivity index (χ4v) is 4.84. The molecule has 3 rings (SSSR count). The highest BCUT2D eigenvalue weighted by molar-refractivity contribution is 7.80. The van der Waals surface area contributed by atoms with Crippen LogP contribution in [0.4, 0.5) is 10.1 Å². The van der Waals surface area contributed by atoms with Gasteiger partial charge in [0, 0.05) is 6.07 Å². The molecule has 23 heavy (non-hydrogen) atoms. The quantitative estimate of drug-likeness (QED) is 0.419. The van der Waals surface area contributed by atoms with Gasteiger partial charge in [-0.25, -0.2) is 4.39 Å². The molecule has 0 unspecified atom stereocenters. The van der Waals surface area contributed by atoms with Gasteiger partial charge in [-0.15, -0.1) is 0 Å². The van der Waals surface area contributed by atoms with Crippen LogP contribution in [0, 0.1) is 15.9 Å². The van der Waals surface area contributed by atoms with Gasteiger partial charge in [0.25, 0.3) is 5.69 Å². The molecular weight excluding hydrogens is 312 g/mol. The fourth-order valence-electron chi connectivity index (χ4n) is 2.41. The molecule has 3 nitrogen and oxygen atoms in total. The number of nitro groups is 1. The average molecular weight is 325 g/mol. The molecule has 0 aliphatic carbocycles. The van der Waals surface area contributed by atoms with Crippen molar-refractivity contribution in [2.75, 3.05) is 0 Å². The topological polar surface area (TPSA) is 43.1 Å². The third-order valence-electron chi connectivity index (χ3n) is 3.40. The highest BCUT2D eigenvalue weighted by Crippen LogP contribution is 2.36. The van der Waals surface area contributed by atoms with Crippen molar-refractivity contribution in [1.82, 2.24) is 0 Å². The van der Waals surface area contributed by atoms with E-state index in [0.29, 0.717) is 5.30 Å². The Morgan fingerprint density at radius 1 is 0.826 bits per heavy atom. The van der Waals surface area contributed by atoms with E-state index in [0.717, 1.165) is 16.7 Å². The molecule has 0 saturated heterocycles. The van der Waals surface area contributed by atoms with Crippen LogP contribution in [0.2, 0.25) is 0 Å². The van der Waals surface area contributed by atoms with Gasteiger partial charge in [-0.2, -0.15) is 0 Å². The second-order valence-electron chi connectivity index (χ2n) is 4.90. The number of hydrogen-bond acceptors (Lipinski definition) is 2. The molecule has 0 aliphatic heterocycles. The zero-order chi connectivity index (χ0) is 16.2. The van der Waals surface area contributed by atoms with Crippen molar-refractivity contribution in [3.05, 3.63) is 94.8 Å². The summed E-state index contributed by atoms with van der Waals surface area (Å²) >= 11 is 0. The molecule has 0 amide bonds. The Bertz CT molecular complexity index is 785. The van der Waals surface area contributed by atoms with Crippen LogP contribution in [0.25, 0.3) is 0 Å². The molecule has 0 spiro atoms. The zero-order valence-corrected chi connectivity index (χ0v) is 13.0. The Balaban J connectivity index is 2.25. The number of hydrogen-bond donors (Lipinski definition) is 0. The van der Waals surface area contributed by atoms with Gasteiger partial charge < -0.3 is 0 Å². The minimum atomic E-state index is -1.20. The molecule has 0 aromatic heterocycles. The SMILES string of the molecule is O=[N+]([O-])c1ccc(F)cc1P(c1ccccc1)c1ccccc1. The lowest BCUT2D eigenvalue weighted by molar-refractivity contribution is -0.383. The van der Waals surface area contributed by atoms with Gasteiger partial charge in [-0.05, 0) is 30.7 Å². The van der Waals surface area contributed by atoms with E-state index in [9.17, 15) is 14.5 Å². The van der Waals surface area contributed by atoms with Gasteiger partial charge >= 0.3 is 0 Å². The molecule has 5 heteroatoms. The normalized spacial score (nSPS) is 10.7. The van der Waals surface area contributed by atoms with E-state index in [1.807, 2.05) is 60.7 Å². The molecule has 0 N–H and O–H groups in total. The number of nitro benzene ring substituents is 1. The maximum Gasteiger partial charge on any atom is 0.277 e. The molecule has 0 radical (unpaired) electrons. The summed E-state index contributed by atoms with van der Waals surface area (Å²) in [6, 6.07) is 22.7. The van der Waals surface area contributed by atoms with Crippen LogP contribution in [0.15, 0.2) is 78.9 Å². The Kier molecular flexibility index (Phi) is 4.45. The zero-order valence-electron chi connectivity index (χ0n) is 12.1. The molecule has 114 valence electrons. The summed E-state index contributed by atoms with van der Waals surface area (Å²) in [5, 5.41) is 13.7. The third-order valence-corrected chi connectivity index (χ3v) is 5.87.